The average molecular weight is 520 g/mol. The lowest BCUT2D eigenvalue weighted by molar-refractivity contribution is -0.129. The van der Waals surface area contributed by atoms with E-state index in [-0.39, 0.29) is 42.0 Å². The van der Waals surface area contributed by atoms with Gasteiger partial charge in [0.05, 0.1) is 24.4 Å². The van der Waals surface area contributed by atoms with Gasteiger partial charge in [-0.05, 0) is 43.9 Å². The molecule has 2 fully saturated rings. The van der Waals surface area contributed by atoms with Crippen LogP contribution in [0.25, 0.3) is 0 Å². The summed E-state index contributed by atoms with van der Waals surface area (Å²) < 4.78 is 31.2. The topological polar surface area (TPSA) is 105 Å². The number of alkyl halides is 2. The maximum absolute atomic E-state index is 13.0. The summed E-state index contributed by atoms with van der Waals surface area (Å²) in [6, 6.07) is 4.44. The molecule has 2 aromatic rings. The minimum absolute atomic E-state index is 0.00748. The van der Waals surface area contributed by atoms with Gasteiger partial charge in [0.1, 0.15) is 11.4 Å². The van der Waals surface area contributed by atoms with Crippen LogP contribution in [0.1, 0.15) is 54.6 Å². The van der Waals surface area contributed by atoms with Crippen molar-refractivity contribution >= 4 is 35.1 Å². The number of halogens is 3. The standard InChI is InChI=1S/C24H24ClF2N5O4/c25-13-1-6-19-16(9-13)18(33)10-20(36-19)23(34)30-14-2-4-15(5-3-14)31-7-8-32(24(31)35)21-12-28-17(11-29-21)22(26)27/h1,6,9,11-12,14-15,20,22H,2-5,7-8,10H2,(H,30,34). The molecule has 0 radical (unpaired) electrons. The molecule has 2 aliphatic heterocycles. The predicted molar refractivity (Wildman–Crippen MR) is 125 cm³/mol. The molecule has 0 bridgehead atoms. The molecule has 1 atom stereocenters. The van der Waals surface area contributed by atoms with E-state index in [0.29, 0.717) is 55.1 Å². The van der Waals surface area contributed by atoms with Gasteiger partial charge in [-0.3, -0.25) is 14.5 Å². The molecule has 0 spiro atoms. The van der Waals surface area contributed by atoms with Gasteiger partial charge in [-0.2, -0.15) is 0 Å². The average Bonchev–Trinajstić information content (AvgIpc) is 3.26. The zero-order valence-electron chi connectivity index (χ0n) is 19.2. The summed E-state index contributed by atoms with van der Waals surface area (Å²) in [7, 11) is 0. The number of amides is 3. The minimum atomic E-state index is -2.71. The van der Waals surface area contributed by atoms with Crippen molar-refractivity contribution in [3.63, 3.8) is 0 Å². The van der Waals surface area contributed by atoms with Gasteiger partial charge in [0.25, 0.3) is 12.3 Å². The van der Waals surface area contributed by atoms with Crippen LogP contribution in [-0.2, 0) is 4.79 Å². The fourth-order valence-corrected chi connectivity index (χ4v) is 5.13. The van der Waals surface area contributed by atoms with E-state index < -0.39 is 18.2 Å². The second kappa shape index (κ2) is 9.96. The number of fused-ring (bicyclic) bond motifs is 1. The zero-order chi connectivity index (χ0) is 25.4. The van der Waals surface area contributed by atoms with E-state index in [1.54, 1.807) is 23.1 Å². The summed E-state index contributed by atoms with van der Waals surface area (Å²) in [6.45, 7) is 0.901. The SMILES string of the molecule is O=C1CC(C(=O)NC2CCC(N3CCN(c4cnc(C(F)F)cn4)C3=O)CC2)Oc2ccc(Cl)cc21. The number of carbonyl (C=O) groups excluding carboxylic acids is 3. The Morgan fingerprint density at radius 2 is 1.89 bits per heavy atom. The number of urea groups is 1. The maximum Gasteiger partial charge on any atom is 0.326 e. The largest absolute Gasteiger partial charge is 0.479 e. The number of aromatic nitrogens is 2. The summed E-state index contributed by atoms with van der Waals surface area (Å²) in [5.41, 5.74) is -0.0495. The van der Waals surface area contributed by atoms with Crippen molar-refractivity contribution in [3.05, 3.63) is 46.9 Å². The third-order valence-corrected chi connectivity index (χ3v) is 7.09. The van der Waals surface area contributed by atoms with Gasteiger partial charge in [-0.1, -0.05) is 11.6 Å². The van der Waals surface area contributed by atoms with Crippen molar-refractivity contribution in [1.29, 1.82) is 0 Å². The predicted octanol–water partition coefficient (Wildman–Crippen LogP) is 3.77. The first-order valence-corrected chi connectivity index (χ1v) is 12.2. The van der Waals surface area contributed by atoms with Crippen LogP contribution in [0.4, 0.5) is 19.4 Å². The number of Topliss-reactive ketones (excluding diaryl/α,β-unsaturated/α-hetero) is 1. The van der Waals surface area contributed by atoms with Gasteiger partial charge in [-0.15, -0.1) is 0 Å². The van der Waals surface area contributed by atoms with E-state index in [1.807, 2.05) is 0 Å². The summed E-state index contributed by atoms with van der Waals surface area (Å²) in [6.07, 6.45) is 1.28. The smallest absolute Gasteiger partial charge is 0.326 e. The number of ether oxygens (including phenoxy) is 1. The zero-order valence-corrected chi connectivity index (χ0v) is 20.0. The molecule has 3 amide bonds. The van der Waals surface area contributed by atoms with Crippen LogP contribution >= 0.6 is 11.6 Å². The quantitative estimate of drug-likeness (QED) is 0.645. The Balaban J connectivity index is 1.13. The second-order valence-corrected chi connectivity index (χ2v) is 9.55. The normalized spacial score (nSPS) is 24.1. The molecule has 190 valence electrons. The fraction of sp³-hybridized carbons (Fsp3) is 0.458. The van der Waals surface area contributed by atoms with Crippen LogP contribution in [0.15, 0.2) is 30.6 Å². The van der Waals surface area contributed by atoms with Crippen molar-refractivity contribution in [2.24, 2.45) is 0 Å². The molecule has 3 heterocycles. The molecule has 1 aliphatic carbocycles. The molecule has 1 saturated carbocycles. The molecule has 1 saturated heterocycles. The maximum atomic E-state index is 13.0. The van der Waals surface area contributed by atoms with Crippen LogP contribution in [0, 0.1) is 0 Å². The van der Waals surface area contributed by atoms with Crippen molar-refractivity contribution in [2.45, 2.75) is 56.7 Å². The number of anilines is 1. The van der Waals surface area contributed by atoms with E-state index >= 15 is 0 Å². The van der Waals surface area contributed by atoms with Gasteiger partial charge >= 0.3 is 6.03 Å². The lowest BCUT2D eigenvalue weighted by Gasteiger charge is -2.35. The van der Waals surface area contributed by atoms with Crippen LogP contribution in [0.5, 0.6) is 5.75 Å². The Kier molecular flexibility index (Phi) is 6.74. The van der Waals surface area contributed by atoms with E-state index in [9.17, 15) is 23.2 Å². The Morgan fingerprint density at radius 3 is 2.58 bits per heavy atom. The van der Waals surface area contributed by atoms with E-state index in [4.69, 9.17) is 16.3 Å². The van der Waals surface area contributed by atoms with Crippen LogP contribution in [-0.4, -0.2) is 63.9 Å². The lowest BCUT2D eigenvalue weighted by atomic mass is 9.90. The number of rotatable bonds is 5. The Hall–Kier alpha value is -3.34. The molecule has 1 aromatic heterocycles. The van der Waals surface area contributed by atoms with Crippen LogP contribution in [0.3, 0.4) is 0 Å². The Labute approximate surface area is 210 Å². The number of carbonyl (C=O) groups is 3. The highest BCUT2D eigenvalue weighted by atomic mass is 35.5. The van der Waals surface area contributed by atoms with Gasteiger partial charge < -0.3 is 15.0 Å². The first-order chi connectivity index (χ1) is 17.3. The van der Waals surface area contributed by atoms with Crippen molar-refractivity contribution < 1.29 is 27.9 Å². The van der Waals surface area contributed by atoms with Crippen molar-refractivity contribution in [2.75, 3.05) is 18.0 Å². The molecular weight excluding hydrogens is 496 g/mol. The summed E-state index contributed by atoms with van der Waals surface area (Å²) in [5.74, 6) is 0.0822. The molecule has 9 nitrogen and oxygen atoms in total. The summed E-state index contributed by atoms with van der Waals surface area (Å²) >= 11 is 5.95. The Morgan fingerprint density at radius 1 is 1.11 bits per heavy atom. The summed E-state index contributed by atoms with van der Waals surface area (Å²) in [5, 5.41) is 3.42. The van der Waals surface area contributed by atoms with E-state index in [2.05, 4.69) is 15.3 Å². The third kappa shape index (κ3) is 4.84. The Bertz CT molecular complexity index is 1170. The highest BCUT2D eigenvalue weighted by Crippen LogP contribution is 2.31. The number of hydrogen-bond acceptors (Lipinski definition) is 6. The van der Waals surface area contributed by atoms with Gasteiger partial charge in [0.2, 0.25) is 0 Å². The molecule has 12 heteroatoms. The van der Waals surface area contributed by atoms with E-state index in [0.717, 1.165) is 6.20 Å². The first kappa shape index (κ1) is 24.4. The van der Waals surface area contributed by atoms with Crippen molar-refractivity contribution in [1.82, 2.24) is 20.2 Å². The first-order valence-electron chi connectivity index (χ1n) is 11.8. The van der Waals surface area contributed by atoms with Gasteiger partial charge in [0, 0.05) is 30.2 Å². The number of nitrogens with one attached hydrogen (secondary N) is 1. The number of ketones is 1. The van der Waals surface area contributed by atoms with Crippen LogP contribution < -0.4 is 15.0 Å². The highest BCUT2D eigenvalue weighted by Gasteiger charge is 2.38. The van der Waals surface area contributed by atoms with Crippen molar-refractivity contribution in [3.8, 4) is 5.75 Å². The van der Waals surface area contributed by atoms with Gasteiger partial charge in [0.15, 0.2) is 17.7 Å². The molecular formula is C24H24ClF2N5O4. The highest BCUT2D eigenvalue weighted by molar-refractivity contribution is 6.31. The third-order valence-electron chi connectivity index (χ3n) is 6.86. The minimum Gasteiger partial charge on any atom is -0.479 e. The lowest BCUT2D eigenvalue weighted by Crippen LogP contribution is -2.49. The van der Waals surface area contributed by atoms with Crippen LogP contribution in [0.2, 0.25) is 5.02 Å². The molecule has 1 N–H and O–H groups in total. The molecule has 36 heavy (non-hydrogen) atoms. The number of hydrogen-bond donors (Lipinski definition) is 1. The fourth-order valence-electron chi connectivity index (χ4n) is 4.96. The number of benzene rings is 1. The molecule has 5 rings (SSSR count). The molecule has 3 aliphatic rings. The van der Waals surface area contributed by atoms with E-state index in [1.165, 1.54) is 11.1 Å². The molecule has 1 unspecified atom stereocenters. The summed E-state index contributed by atoms with van der Waals surface area (Å²) in [4.78, 5) is 49.1. The number of nitrogens with zero attached hydrogens (tertiary/aromatic N) is 4. The monoisotopic (exact) mass is 519 g/mol. The molecule has 1 aromatic carbocycles. The van der Waals surface area contributed by atoms with Gasteiger partial charge in [-0.25, -0.2) is 23.5 Å². The second-order valence-electron chi connectivity index (χ2n) is 9.12.